The Kier molecular flexibility index (Phi) is 5.60. The third kappa shape index (κ3) is 5.16. The standard InChI is InChI=1S/C14H20O5/c1-9(2)7-8-17-13(15)11-5-6-12(19-11)14(16)18-10(3)4/h5-6,9-10H,7-8H2,1-4H3. The van der Waals surface area contributed by atoms with Crippen molar-refractivity contribution in [1.82, 2.24) is 0 Å². The highest BCUT2D eigenvalue weighted by Crippen LogP contribution is 2.12. The smallest absolute Gasteiger partial charge is 0.374 e. The van der Waals surface area contributed by atoms with Gasteiger partial charge >= 0.3 is 11.9 Å². The summed E-state index contributed by atoms with van der Waals surface area (Å²) >= 11 is 0. The molecule has 0 bridgehead atoms. The third-order valence-corrected chi connectivity index (χ3v) is 2.28. The van der Waals surface area contributed by atoms with Crippen molar-refractivity contribution in [2.75, 3.05) is 6.61 Å². The highest BCUT2D eigenvalue weighted by molar-refractivity contribution is 5.90. The van der Waals surface area contributed by atoms with Gasteiger partial charge in [0, 0.05) is 0 Å². The number of carbonyl (C=O) groups is 2. The summed E-state index contributed by atoms with van der Waals surface area (Å²) in [6, 6.07) is 2.82. The molecule has 0 aliphatic heterocycles. The van der Waals surface area contributed by atoms with E-state index in [1.165, 1.54) is 12.1 Å². The molecule has 0 aromatic carbocycles. The molecular weight excluding hydrogens is 248 g/mol. The molecule has 106 valence electrons. The minimum atomic E-state index is -0.587. The lowest BCUT2D eigenvalue weighted by Gasteiger charge is -2.06. The van der Waals surface area contributed by atoms with Crippen LogP contribution >= 0.6 is 0 Å². The fourth-order valence-electron chi connectivity index (χ4n) is 1.29. The summed E-state index contributed by atoms with van der Waals surface area (Å²) < 4.78 is 15.1. The summed E-state index contributed by atoms with van der Waals surface area (Å²) in [6.07, 6.45) is 0.549. The predicted molar refractivity (Wildman–Crippen MR) is 69.0 cm³/mol. The van der Waals surface area contributed by atoms with E-state index in [9.17, 15) is 9.59 Å². The summed E-state index contributed by atoms with van der Waals surface area (Å²) in [7, 11) is 0. The van der Waals surface area contributed by atoms with Gasteiger partial charge in [0.1, 0.15) is 0 Å². The van der Waals surface area contributed by atoms with Gasteiger partial charge < -0.3 is 13.9 Å². The summed E-state index contributed by atoms with van der Waals surface area (Å²) in [4.78, 5) is 23.1. The molecule has 1 heterocycles. The van der Waals surface area contributed by atoms with Crippen molar-refractivity contribution in [2.45, 2.75) is 40.2 Å². The van der Waals surface area contributed by atoms with Crippen LogP contribution in [0.15, 0.2) is 16.5 Å². The maximum Gasteiger partial charge on any atom is 0.374 e. The molecule has 0 atom stereocenters. The van der Waals surface area contributed by atoms with E-state index in [4.69, 9.17) is 13.9 Å². The predicted octanol–water partition coefficient (Wildman–Crippen LogP) is 3.05. The number of ether oxygens (including phenoxy) is 2. The van der Waals surface area contributed by atoms with Crippen LogP contribution in [0, 0.1) is 5.92 Å². The molecule has 1 aromatic heterocycles. The molecule has 1 aromatic rings. The average Bonchev–Trinajstić information content (AvgIpc) is 2.76. The van der Waals surface area contributed by atoms with Gasteiger partial charge in [-0.2, -0.15) is 0 Å². The Balaban J connectivity index is 2.54. The number of furan rings is 1. The SMILES string of the molecule is CC(C)CCOC(=O)c1ccc(C(=O)OC(C)C)o1. The molecule has 0 unspecified atom stereocenters. The number of esters is 2. The molecule has 0 N–H and O–H groups in total. The first-order valence-corrected chi connectivity index (χ1v) is 6.38. The molecule has 0 amide bonds. The van der Waals surface area contributed by atoms with E-state index < -0.39 is 11.9 Å². The van der Waals surface area contributed by atoms with E-state index in [1.54, 1.807) is 13.8 Å². The van der Waals surface area contributed by atoms with Crippen molar-refractivity contribution in [3.8, 4) is 0 Å². The Morgan fingerprint density at radius 3 is 2.21 bits per heavy atom. The maximum atomic E-state index is 11.6. The quantitative estimate of drug-likeness (QED) is 0.742. The lowest BCUT2D eigenvalue weighted by molar-refractivity contribution is 0.0332. The summed E-state index contributed by atoms with van der Waals surface area (Å²) in [5.74, 6) is -0.676. The first kappa shape index (κ1) is 15.3. The Morgan fingerprint density at radius 2 is 1.68 bits per heavy atom. The van der Waals surface area contributed by atoms with Crippen LogP contribution in [0.1, 0.15) is 55.2 Å². The van der Waals surface area contributed by atoms with Crippen LogP contribution in [0.4, 0.5) is 0 Å². The van der Waals surface area contributed by atoms with Gasteiger partial charge in [-0.15, -0.1) is 0 Å². The van der Waals surface area contributed by atoms with E-state index in [-0.39, 0.29) is 17.6 Å². The van der Waals surface area contributed by atoms with Crippen LogP contribution in [0.3, 0.4) is 0 Å². The van der Waals surface area contributed by atoms with Crippen molar-refractivity contribution in [1.29, 1.82) is 0 Å². The van der Waals surface area contributed by atoms with Crippen LogP contribution in [0.25, 0.3) is 0 Å². The minimum Gasteiger partial charge on any atom is -0.460 e. The molecule has 5 nitrogen and oxygen atoms in total. The Bertz CT molecular complexity index is 431. The minimum absolute atomic E-state index is 0.00418. The molecular formula is C14H20O5. The van der Waals surface area contributed by atoms with Gasteiger partial charge in [-0.05, 0) is 38.3 Å². The van der Waals surface area contributed by atoms with Crippen LogP contribution in [0.2, 0.25) is 0 Å². The molecule has 0 spiro atoms. The average molecular weight is 268 g/mol. The fourth-order valence-corrected chi connectivity index (χ4v) is 1.29. The van der Waals surface area contributed by atoms with Crippen LogP contribution in [-0.2, 0) is 9.47 Å². The normalized spacial score (nSPS) is 10.8. The molecule has 0 aliphatic carbocycles. The second-order valence-corrected chi connectivity index (χ2v) is 4.94. The largest absolute Gasteiger partial charge is 0.460 e. The van der Waals surface area contributed by atoms with Gasteiger partial charge in [0.2, 0.25) is 11.5 Å². The molecule has 0 saturated heterocycles. The molecule has 19 heavy (non-hydrogen) atoms. The van der Waals surface area contributed by atoms with Crippen molar-refractivity contribution in [2.24, 2.45) is 5.92 Å². The molecule has 1 rings (SSSR count). The van der Waals surface area contributed by atoms with Crippen LogP contribution in [-0.4, -0.2) is 24.6 Å². The number of carbonyl (C=O) groups excluding carboxylic acids is 2. The van der Waals surface area contributed by atoms with Crippen molar-refractivity contribution in [3.05, 3.63) is 23.7 Å². The summed E-state index contributed by atoms with van der Waals surface area (Å²) in [6.45, 7) is 7.90. The highest BCUT2D eigenvalue weighted by Gasteiger charge is 2.18. The zero-order valence-corrected chi connectivity index (χ0v) is 11.8. The number of rotatable bonds is 6. The van der Waals surface area contributed by atoms with Gasteiger partial charge in [-0.3, -0.25) is 0 Å². The van der Waals surface area contributed by atoms with E-state index in [1.807, 2.05) is 13.8 Å². The monoisotopic (exact) mass is 268 g/mol. The summed E-state index contributed by atoms with van der Waals surface area (Å²) in [5, 5.41) is 0. The third-order valence-electron chi connectivity index (χ3n) is 2.28. The highest BCUT2D eigenvalue weighted by atomic mass is 16.6. The summed E-state index contributed by atoms with van der Waals surface area (Å²) in [5.41, 5.74) is 0. The molecule has 0 fully saturated rings. The van der Waals surface area contributed by atoms with Gasteiger partial charge in [0.05, 0.1) is 12.7 Å². The molecule has 5 heteroatoms. The first-order chi connectivity index (χ1) is 8.90. The van der Waals surface area contributed by atoms with E-state index >= 15 is 0 Å². The fraction of sp³-hybridized carbons (Fsp3) is 0.571. The lowest BCUT2D eigenvalue weighted by Crippen LogP contribution is -2.11. The Labute approximate surface area is 112 Å². The lowest BCUT2D eigenvalue weighted by atomic mass is 10.1. The van der Waals surface area contributed by atoms with Gasteiger partial charge in [-0.25, -0.2) is 9.59 Å². The Morgan fingerprint density at radius 1 is 1.11 bits per heavy atom. The number of hydrogen-bond acceptors (Lipinski definition) is 5. The van der Waals surface area contributed by atoms with Gasteiger partial charge in [-0.1, -0.05) is 13.8 Å². The number of hydrogen-bond donors (Lipinski definition) is 0. The van der Waals surface area contributed by atoms with E-state index in [2.05, 4.69) is 0 Å². The second-order valence-electron chi connectivity index (χ2n) is 4.94. The van der Waals surface area contributed by atoms with Crippen molar-refractivity contribution >= 4 is 11.9 Å². The van der Waals surface area contributed by atoms with Crippen LogP contribution in [0.5, 0.6) is 0 Å². The molecule has 0 saturated carbocycles. The topological polar surface area (TPSA) is 65.7 Å². The van der Waals surface area contributed by atoms with E-state index in [0.29, 0.717) is 12.5 Å². The first-order valence-electron chi connectivity index (χ1n) is 6.38. The van der Waals surface area contributed by atoms with Gasteiger partial charge in [0.15, 0.2) is 0 Å². The molecule has 0 aliphatic rings. The zero-order valence-electron chi connectivity index (χ0n) is 11.8. The maximum absolute atomic E-state index is 11.6. The van der Waals surface area contributed by atoms with Crippen LogP contribution < -0.4 is 0 Å². The van der Waals surface area contributed by atoms with Crippen molar-refractivity contribution < 1.29 is 23.5 Å². The van der Waals surface area contributed by atoms with Gasteiger partial charge in [0.25, 0.3) is 0 Å². The van der Waals surface area contributed by atoms with E-state index in [0.717, 1.165) is 6.42 Å². The Hall–Kier alpha value is -1.78. The second kappa shape index (κ2) is 6.97. The van der Waals surface area contributed by atoms with Crippen molar-refractivity contribution in [3.63, 3.8) is 0 Å². The zero-order chi connectivity index (χ0) is 14.4. The molecule has 0 radical (unpaired) electrons.